The highest BCUT2D eigenvalue weighted by Crippen LogP contribution is 1.89. The van der Waals surface area contributed by atoms with Gasteiger partial charge in [0, 0.05) is 18.0 Å². The molecule has 1 rings (SSSR count). The maximum atomic E-state index is 9.95. The van der Waals surface area contributed by atoms with Crippen LogP contribution in [-0.4, -0.2) is 22.4 Å². The number of aromatic nitrogens is 1. The van der Waals surface area contributed by atoms with E-state index >= 15 is 0 Å². The summed E-state index contributed by atoms with van der Waals surface area (Å²) in [6.45, 7) is 0. The molecule has 1 aromatic rings. The van der Waals surface area contributed by atoms with E-state index in [0.29, 0.717) is 0 Å². The largest absolute Gasteiger partial charge is 0.464 e. The molecule has 1 heterocycles. The molecule has 0 saturated carbocycles. The van der Waals surface area contributed by atoms with E-state index < -0.39 is 6.09 Å². The monoisotopic (exact) mass is 165 g/mol. The van der Waals surface area contributed by atoms with Crippen molar-refractivity contribution in [2.24, 2.45) is 5.10 Å². The Kier molecular flexibility index (Phi) is 2.78. The van der Waals surface area contributed by atoms with Gasteiger partial charge in [0.25, 0.3) is 0 Å². The molecule has 0 spiro atoms. The first-order chi connectivity index (χ1) is 5.79. The summed E-state index contributed by atoms with van der Waals surface area (Å²) in [6, 6.07) is 3.50. The summed E-state index contributed by atoms with van der Waals surface area (Å²) >= 11 is 0. The Hall–Kier alpha value is -1.91. The molecule has 0 aliphatic heterocycles. The summed E-state index contributed by atoms with van der Waals surface area (Å²) in [4.78, 5) is 13.8. The minimum atomic E-state index is -1.19. The van der Waals surface area contributed by atoms with Crippen LogP contribution in [0.15, 0.2) is 29.6 Å². The third-order valence-electron chi connectivity index (χ3n) is 1.06. The minimum absolute atomic E-state index is 0.742. The minimum Gasteiger partial charge on any atom is -0.464 e. The van der Waals surface area contributed by atoms with Crippen LogP contribution in [0.5, 0.6) is 0 Å². The molecule has 5 nitrogen and oxygen atoms in total. The average molecular weight is 165 g/mol. The van der Waals surface area contributed by atoms with Gasteiger partial charge in [-0.05, 0) is 6.07 Å². The van der Waals surface area contributed by atoms with E-state index in [1.165, 1.54) is 6.21 Å². The van der Waals surface area contributed by atoms with Gasteiger partial charge in [0.1, 0.15) is 0 Å². The van der Waals surface area contributed by atoms with Crippen LogP contribution < -0.4 is 5.43 Å². The zero-order valence-electron chi connectivity index (χ0n) is 6.14. The molecule has 0 aliphatic carbocycles. The van der Waals surface area contributed by atoms with Gasteiger partial charge in [0.2, 0.25) is 0 Å². The second-order valence-corrected chi connectivity index (χ2v) is 1.96. The van der Waals surface area contributed by atoms with E-state index in [9.17, 15) is 4.79 Å². The molecule has 0 aliphatic rings. The number of nitrogens with one attached hydrogen (secondary N) is 1. The second kappa shape index (κ2) is 4.07. The van der Waals surface area contributed by atoms with Crippen molar-refractivity contribution in [1.29, 1.82) is 0 Å². The van der Waals surface area contributed by atoms with Gasteiger partial charge >= 0.3 is 6.09 Å². The lowest BCUT2D eigenvalue weighted by Crippen LogP contribution is -2.13. The Morgan fingerprint density at radius 1 is 1.75 bits per heavy atom. The second-order valence-electron chi connectivity index (χ2n) is 1.96. The van der Waals surface area contributed by atoms with E-state index in [0.717, 1.165) is 5.56 Å². The van der Waals surface area contributed by atoms with Crippen molar-refractivity contribution in [1.82, 2.24) is 10.4 Å². The SMILES string of the molecule is O=C(O)N/N=C/c1cccnc1. The molecule has 0 atom stereocenters. The summed E-state index contributed by atoms with van der Waals surface area (Å²) in [5.74, 6) is 0. The summed E-state index contributed by atoms with van der Waals surface area (Å²) < 4.78 is 0. The van der Waals surface area contributed by atoms with Crippen molar-refractivity contribution in [3.8, 4) is 0 Å². The van der Waals surface area contributed by atoms with Gasteiger partial charge in [-0.3, -0.25) is 4.98 Å². The van der Waals surface area contributed by atoms with Crippen molar-refractivity contribution < 1.29 is 9.90 Å². The molecule has 0 radical (unpaired) electrons. The Morgan fingerprint density at radius 2 is 2.58 bits per heavy atom. The first-order valence-electron chi connectivity index (χ1n) is 3.21. The third-order valence-corrected chi connectivity index (χ3v) is 1.06. The van der Waals surface area contributed by atoms with Gasteiger partial charge in [-0.25, -0.2) is 10.2 Å². The molecule has 0 unspecified atom stereocenters. The number of amides is 1. The number of nitrogens with zero attached hydrogens (tertiary/aromatic N) is 2. The van der Waals surface area contributed by atoms with E-state index in [2.05, 4.69) is 10.1 Å². The van der Waals surface area contributed by atoms with Gasteiger partial charge in [0.15, 0.2) is 0 Å². The van der Waals surface area contributed by atoms with Crippen LogP contribution >= 0.6 is 0 Å². The molecule has 1 aromatic heterocycles. The third kappa shape index (κ3) is 2.78. The van der Waals surface area contributed by atoms with E-state index in [4.69, 9.17) is 5.11 Å². The quantitative estimate of drug-likeness (QED) is 0.500. The van der Waals surface area contributed by atoms with Crippen molar-refractivity contribution >= 4 is 12.3 Å². The highest BCUT2D eigenvalue weighted by molar-refractivity contribution is 5.79. The summed E-state index contributed by atoms with van der Waals surface area (Å²) in [5, 5.41) is 11.6. The van der Waals surface area contributed by atoms with Crippen molar-refractivity contribution in [2.75, 3.05) is 0 Å². The number of hydrogen-bond donors (Lipinski definition) is 2. The number of carbonyl (C=O) groups is 1. The maximum Gasteiger partial charge on any atom is 0.425 e. The normalized spacial score (nSPS) is 10.0. The first kappa shape index (κ1) is 8.19. The van der Waals surface area contributed by atoms with Crippen LogP contribution in [0.1, 0.15) is 5.56 Å². The molecule has 62 valence electrons. The number of rotatable bonds is 2. The van der Waals surface area contributed by atoms with Crippen LogP contribution in [0.2, 0.25) is 0 Å². The van der Waals surface area contributed by atoms with Gasteiger partial charge in [-0.15, -0.1) is 0 Å². The fourth-order valence-electron chi connectivity index (χ4n) is 0.614. The molecular weight excluding hydrogens is 158 g/mol. The molecule has 1 amide bonds. The molecule has 0 aromatic carbocycles. The first-order valence-corrected chi connectivity index (χ1v) is 3.21. The smallest absolute Gasteiger partial charge is 0.425 e. The van der Waals surface area contributed by atoms with Crippen LogP contribution in [0.4, 0.5) is 4.79 Å². The lowest BCUT2D eigenvalue weighted by molar-refractivity contribution is 0.195. The van der Waals surface area contributed by atoms with Crippen molar-refractivity contribution in [3.05, 3.63) is 30.1 Å². The summed E-state index contributed by atoms with van der Waals surface area (Å²) in [7, 11) is 0. The number of pyridine rings is 1. The Bertz CT molecular complexity index is 284. The fourth-order valence-corrected chi connectivity index (χ4v) is 0.614. The van der Waals surface area contributed by atoms with Crippen LogP contribution in [0, 0.1) is 0 Å². The van der Waals surface area contributed by atoms with E-state index in [-0.39, 0.29) is 0 Å². The predicted molar refractivity (Wildman–Crippen MR) is 43.0 cm³/mol. The van der Waals surface area contributed by atoms with Gasteiger partial charge in [-0.1, -0.05) is 6.07 Å². The van der Waals surface area contributed by atoms with Crippen LogP contribution in [0.3, 0.4) is 0 Å². The fraction of sp³-hybridized carbons (Fsp3) is 0. The molecule has 0 bridgehead atoms. The molecule has 5 heteroatoms. The Balaban J connectivity index is 2.52. The van der Waals surface area contributed by atoms with E-state index in [1.807, 2.05) is 5.43 Å². The molecule has 2 N–H and O–H groups in total. The van der Waals surface area contributed by atoms with Crippen LogP contribution in [0.25, 0.3) is 0 Å². The Morgan fingerprint density at radius 3 is 3.17 bits per heavy atom. The highest BCUT2D eigenvalue weighted by atomic mass is 16.4. The van der Waals surface area contributed by atoms with Crippen molar-refractivity contribution in [3.63, 3.8) is 0 Å². The van der Waals surface area contributed by atoms with Crippen LogP contribution in [-0.2, 0) is 0 Å². The number of hydrogen-bond acceptors (Lipinski definition) is 3. The standard InChI is InChI=1S/C7H7N3O2/c11-7(12)10-9-5-6-2-1-3-8-4-6/h1-5,10H,(H,11,12)/b9-5+. The lowest BCUT2D eigenvalue weighted by atomic mass is 10.3. The lowest BCUT2D eigenvalue weighted by Gasteiger charge is -1.90. The average Bonchev–Trinajstić information content (AvgIpc) is 2.05. The topological polar surface area (TPSA) is 74.6 Å². The van der Waals surface area contributed by atoms with E-state index in [1.54, 1.807) is 24.5 Å². The highest BCUT2D eigenvalue weighted by Gasteiger charge is 1.87. The number of carboxylic acid groups (broad SMARTS) is 1. The molecular formula is C7H7N3O2. The van der Waals surface area contributed by atoms with Crippen molar-refractivity contribution in [2.45, 2.75) is 0 Å². The predicted octanol–water partition coefficient (Wildman–Crippen LogP) is 0.683. The molecule has 0 fully saturated rings. The molecule has 0 saturated heterocycles. The van der Waals surface area contributed by atoms with Gasteiger partial charge < -0.3 is 5.11 Å². The maximum absolute atomic E-state index is 9.95. The molecule has 12 heavy (non-hydrogen) atoms. The number of hydrazone groups is 1. The Labute approximate surface area is 68.8 Å². The zero-order chi connectivity index (χ0) is 8.81. The zero-order valence-corrected chi connectivity index (χ0v) is 6.14. The summed E-state index contributed by atoms with van der Waals surface area (Å²) in [5.41, 5.74) is 2.59. The van der Waals surface area contributed by atoms with Gasteiger partial charge in [0.05, 0.1) is 6.21 Å². The summed E-state index contributed by atoms with van der Waals surface area (Å²) in [6.07, 6.45) is 3.39. The van der Waals surface area contributed by atoms with Gasteiger partial charge in [-0.2, -0.15) is 5.10 Å².